The van der Waals surface area contributed by atoms with Gasteiger partial charge in [-0.05, 0) is 86.0 Å². The number of hydrogen-bond acceptors (Lipinski definition) is 4. The minimum Gasteiger partial charge on any atom is -0.414 e. The summed E-state index contributed by atoms with van der Waals surface area (Å²) < 4.78 is 37.9. The van der Waals surface area contributed by atoms with Crippen LogP contribution in [0.15, 0.2) is 29.2 Å². The smallest absolute Gasteiger partial charge is 0.296 e. The van der Waals surface area contributed by atoms with Gasteiger partial charge >= 0.3 is 0 Å². The molecule has 2 aliphatic rings. The number of hydrogen-bond donors (Lipinski definition) is 0. The van der Waals surface area contributed by atoms with E-state index in [1.54, 1.807) is 12.1 Å². The van der Waals surface area contributed by atoms with Crippen molar-refractivity contribution in [3.8, 4) is 0 Å². The van der Waals surface area contributed by atoms with Crippen LogP contribution in [-0.4, -0.2) is 29.4 Å². The molecule has 0 aliphatic heterocycles. The van der Waals surface area contributed by atoms with E-state index in [-0.39, 0.29) is 27.9 Å². The summed E-state index contributed by atoms with van der Waals surface area (Å²) in [6.45, 7) is 18.4. The molecule has 2 fully saturated rings. The minimum absolute atomic E-state index is 0.192. The molecule has 0 heterocycles. The minimum atomic E-state index is -3.72. The molecule has 182 valence electrons. The lowest BCUT2D eigenvalue weighted by Crippen LogP contribution is -2.50. The van der Waals surface area contributed by atoms with Gasteiger partial charge < -0.3 is 4.43 Å². The van der Waals surface area contributed by atoms with E-state index in [1.807, 2.05) is 19.1 Å². The first-order valence-corrected chi connectivity index (χ1v) is 16.6. The summed E-state index contributed by atoms with van der Waals surface area (Å²) in [4.78, 5) is 0.242. The third-order valence-corrected chi connectivity index (χ3v) is 14.7. The Bertz CT molecular complexity index is 887. The maximum absolute atomic E-state index is 12.7. The molecule has 0 bridgehead atoms. The summed E-state index contributed by atoms with van der Waals surface area (Å²) in [5, 5.41) is 0.213. The molecule has 2 unspecified atom stereocenters. The second-order valence-electron chi connectivity index (χ2n) is 12.1. The van der Waals surface area contributed by atoms with Gasteiger partial charge in [-0.15, -0.1) is 0 Å². The fraction of sp³-hybridized carbons (Fsp3) is 0.769. The summed E-state index contributed by atoms with van der Waals surface area (Å²) in [5.41, 5.74) is 1.23. The molecule has 0 radical (unpaired) electrons. The summed E-state index contributed by atoms with van der Waals surface area (Å²) in [6.07, 6.45) is 6.20. The fourth-order valence-corrected chi connectivity index (χ4v) is 8.27. The zero-order chi connectivity index (χ0) is 23.9. The monoisotopic (exact) mass is 480 g/mol. The van der Waals surface area contributed by atoms with Gasteiger partial charge in [0.2, 0.25) is 0 Å². The molecule has 2 saturated carbocycles. The molecule has 3 rings (SSSR count). The van der Waals surface area contributed by atoms with Crippen LogP contribution in [0.1, 0.15) is 72.3 Å². The number of aryl methyl sites for hydroxylation is 1. The van der Waals surface area contributed by atoms with Gasteiger partial charge in [-0.2, -0.15) is 8.42 Å². The molecule has 0 N–H and O–H groups in total. The van der Waals surface area contributed by atoms with Crippen LogP contribution in [0.2, 0.25) is 18.1 Å². The Kier molecular flexibility index (Phi) is 7.42. The first kappa shape index (κ1) is 25.9. The van der Waals surface area contributed by atoms with E-state index >= 15 is 0 Å². The zero-order valence-corrected chi connectivity index (χ0v) is 23.2. The van der Waals surface area contributed by atoms with Crippen LogP contribution in [0.3, 0.4) is 0 Å². The van der Waals surface area contributed by atoms with Gasteiger partial charge in [0.15, 0.2) is 8.32 Å². The van der Waals surface area contributed by atoms with Crippen molar-refractivity contribution in [1.82, 2.24) is 0 Å². The number of benzene rings is 1. The van der Waals surface area contributed by atoms with Crippen molar-refractivity contribution >= 4 is 18.4 Å². The zero-order valence-electron chi connectivity index (χ0n) is 21.4. The van der Waals surface area contributed by atoms with Crippen LogP contribution in [0.25, 0.3) is 0 Å². The third kappa shape index (κ3) is 5.18. The molecule has 0 spiro atoms. The van der Waals surface area contributed by atoms with E-state index in [0.29, 0.717) is 17.9 Å². The van der Waals surface area contributed by atoms with Crippen molar-refractivity contribution < 1.29 is 17.0 Å². The van der Waals surface area contributed by atoms with Crippen LogP contribution < -0.4 is 0 Å². The van der Waals surface area contributed by atoms with Crippen molar-refractivity contribution in [2.45, 2.75) is 103 Å². The highest BCUT2D eigenvalue weighted by molar-refractivity contribution is 7.86. The van der Waals surface area contributed by atoms with Gasteiger partial charge in [0, 0.05) is 6.10 Å². The van der Waals surface area contributed by atoms with Gasteiger partial charge in [-0.1, -0.05) is 58.7 Å². The molecule has 6 heteroatoms. The highest BCUT2D eigenvalue weighted by Crippen LogP contribution is 2.59. The molecule has 5 atom stereocenters. The Morgan fingerprint density at radius 1 is 1.12 bits per heavy atom. The van der Waals surface area contributed by atoms with E-state index < -0.39 is 18.4 Å². The second kappa shape index (κ2) is 9.16. The van der Waals surface area contributed by atoms with Crippen molar-refractivity contribution in [1.29, 1.82) is 0 Å². The summed E-state index contributed by atoms with van der Waals surface area (Å²) in [5.74, 6) is 1.22. The lowest BCUT2D eigenvalue weighted by molar-refractivity contribution is -0.0245. The average molecular weight is 481 g/mol. The van der Waals surface area contributed by atoms with Crippen molar-refractivity contribution in [2.75, 3.05) is 6.61 Å². The maximum Gasteiger partial charge on any atom is 0.296 e. The first-order chi connectivity index (χ1) is 14.7. The van der Waals surface area contributed by atoms with E-state index in [0.717, 1.165) is 18.4 Å². The highest BCUT2D eigenvalue weighted by Gasteiger charge is 2.54. The van der Waals surface area contributed by atoms with Gasteiger partial charge in [-0.3, -0.25) is 4.18 Å². The molecule has 1 aromatic rings. The SMILES string of the molecule is Cc1ccc(S(=O)(=O)OC[C@H](C)C2CCC3[C@@H](O[Si](C)(C)C(C)(C)C)CCC[C@@]32C)cc1. The first-order valence-electron chi connectivity index (χ1n) is 12.3. The van der Waals surface area contributed by atoms with Gasteiger partial charge in [0.05, 0.1) is 11.5 Å². The number of fused-ring (bicyclic) bond motifs is 1. The van der Waals surface area contributed by atoms with Crippen LogP contribution in [0, 0.1) is 30.1 Å². The van der Waals surface area contributed by atoms with Crippen molar-refractivity contribution in [3.05, 3.63) is 29.8 Å². The molecular formula is C26H44O4SSi. The Morgan fingerprint density at radius 2 is 1.75 bits per heavy atom. The highest BCUT2D eigenvalue weighted by atomic mass is 32.2. The quantitative estimate of drug-likeness (QED) is 0.313. The summed E-state index contributed by atoms with van der Waals surface area (Å²) in [6, 6.07) is 6.89. The number of rotatable bonds is 7. The molecule has 0 saturated heterocycles. The Balaban J connectivity index is 1.68. The van der Waals surface area contributed by atoms with Gasteiger partial charge in [0.25, 0.3) is 10.1 Å². The normalized spacial score (nSPS) is 30.2. The van der Waals surface area contributed by atoms with E-state index in [1.165, 1.54) is 19.3 Å². The lowest BCUT2D eigenvalue weighted by atomic mass is 9.62. The average Bonchev–Trinajstić information content (AvgIpc) is 3.03. The van der Waals surface area contributed by atoms with Crippen molar-refractivity contribution in [3.63, 3.8) is 0 Å². The van der Waals surface area contributed by atoms with Crippen LogP contribution >= 0.6 is 0 Å². The second-order valence-corrected chi connectivity index (χ2v) is 18.5. The molecule has 4 nitrogen and oxygen atoms in total. The largest absolute Gasteiger partial charge is 0.414 e. The molecule has 32 heavy (non-hydrogen) atoms. The van der Waals surface area contributed by atoms with E-state index in [9.17, 15) is 8.42 Å². The lowest BCUT2D eigenvalue weighted by Gasteiger charge is -2.49. The maximum atomic E-state index is 12.7. The van der Waals surface area contributed by atoms with Crippen molar-refractivity contribution in [2.24, 2.45) is 23.2 Å². The van der Waals surface area contributed by atoms with Gasteiger partial charge in [0.1, 0.15) is 0 Å². The van der Waals surface area contributed by atoms with Crippen LogP contribution in [0.5, 0.6) is 0 Å². The molecule has 1 aromatic carbocycles. The molecule has 2 aliphatic carbocycles. The Labute approximate surface area is 197 Å². The molecule has 0 aromatic heterocycles. The Morgan fingerprint density at radius 3 is 2.34 bits per heavy atom. The van der Waals surface area contributed by atoms with Crippen LogP contribution in [-0.2, 0) is 18.7 Å². The predicted molar refractivity (Wildman–Crippen MR) is 134 cm³/mol. The Hall–Kier alpha value is -0.693. The fourth-order valence-electron chi connectivity index (χ4n) is 5.88. The van der Waals surface area contributed by atoms with E-state index in [4.69, 9.17) is 8.61 Å². The molecular weight excluding hydrogens is 436 g/mol. The predicted octanol–water partition coefficient (Wildman–Crippen LogP) is 6.94. The topological polar surface area (TPSA) is 52.6 Å². The summed E-state index contributed by atoms with van der Waals surface area (Å²) >= 11 is 0. The summed E-state index contributed by atoms with van der Waals surface area (Å²) in [7, 11) is -5.54. The third-order valence-electron chi connectivity index (χ3n) is 8.87. The van der Waals surface area contributed by atoms with Crippen LogP contribution in [0.4, 0.5) is 0 Å². The van der Waals surface area contributed by atoms with E-state index in [2.05, 4.69) is 47.7 Å². The van der Waals surface area contributed by atoms with Gasteiger partial charge in [-0.25, -0.2) is 0 Å². The standard InChI is InChI=1S/C26H44O4SSi/c1-19-11-13-21(14-12-19)31(27,28)29-18-20(2)22-15-16-23-24(10-9-17-26(22,23)6)30-32(7,8)25(3,4)5/h11-14,20,22-24H,9-10,15-18H2,1-8H3/t20-,22?,23?,24-,26+/m0/s1. The molecule has 0 amide bonds.